The summed E-state index contributed by atoms with van der Waals surface area (Å²) in [5, 5.41) is 12.0. The lowest BCUT2D eigenvalue weighted by molar-refractivity contribution is -0.136. The van der Waals surface area contributed by atoms with Gasteiger partial charge in [-0.05, 0) is 47.0 Å². The molecule has 0 saturated carbocycles. The number of nitrogens with zero attached hydrogens (tertiary/aromatic N) is 3. The minimum Gasteiger partial charge on any atom is -0.481 e. The summed E-state index contributed by atoms with van der Waals surface area (Å²) in [7, 11) is 0. The summed E-state index contributed by atoms with van der Waals surface area (Å²) in [5.74, 6) is -0.768. The number of aliphatic carboxylic acids is 1. The van der Waals surface area contributed by atoms with E-state index in [0.717, 1.165) is 18.5 Å². The average molecular weight is 404 g/mol. The molecule has 0 aromatic carbocycles. The number of H-pyrrole nitrogens is 1. The predicted molar refractivity (Wildman–Crippen MR) is 106 cm³/mol. The van der Waals surface area contributed by atoms with Gasteiger partial charge in [-0.15, -0.1) is 0 Å². The maximum atomic E-state index is 12.8. The number of piperidine rings is 1. The number of fused-ring (bicyclic) bond motifs is 1. The molecule has 0 spiro atoms. The first kappa shape index (κ1) is 20.9. The van der Waals surface area contributed by atoms with E-state index in [1.807, 2.05) is 26.8 Å². The zero-order valence-corrected chi connectivity index (χ0v) is 17.3. The number of nitrogens with one attached hydrogen (secondary N) is 1. The second-order valence-corrected chi connectivity index (χ2v) is 8.52. The van der Waals surface area contributed by atoms with Gasteiger partial charge in [0.2, 0.25) is 0 Å². The Bertz CT molecular complexity index is 977. The second-order valence-electron chi connectivity index (χ2n) is 8.52. The maximum Gasteiger partial charge on any atom is 0.410 e. The Morgan fingerprint density at radius 3 is 2.55 bits per heavy atom. The van der Waals surface area contributed by atoms with Gasteiger partial charge in [0, 0.05) is 48.4 Å². The van der Waals surface area contributed by atoms with Crippen LogP contribution >= 0.6 is 0 Å². The van der Waals surface area contributed by atoms with E-state index >= 15 is 0 Å². The van der Waals surface area contributed by atoms with Crippen LogP contribution in [0.4, 0.5) is 4.79 Å². The Kier molecular flexibility index (Phi) is 5.68. The van der Waals surface area contributed by atoms with Crippen LogP contribution in [0.25, 0.3) is 5.65 Å². The van der Waals surface area contributed by atoms with E-state index in [2.05, 4.69) is 10.1 Å². The lowest BCUT2D eigenvalue weighted by Crippen LogP contribution is -2.41. The molecule has 2 N–H and O–H groups in total. The summed E-state index contributed by atoms with van der Waals surface area (Å²) in [6.45, 7) is 8.43. The van der Waals surface area contributed by atoms with Crippen LogP contribution < -0.4 is 5.56 Å². The van der Waals surface area contributed by atoms with Gasteiger partial charge in [-0.3, -0.25) is 14.7 Å². The van der Waals surface area contributed by atoms with Gasteiger partial charge in [0.15, 0.2) is 5.65 Å². The molecule has 1 aliphatic rings. The Morgan fingerprint density at radius 2 is 1.97 bits per heavy atom. The first-order chi connectivity index (χ1) is 13.5. The Hall–Kier alpha value is -2.84. The molecule has 9 nitrogen and oxygen atoms in total. The Balaban J connectivity index is 1.75. The van der Waals surface area contributed by atoms with Crippen LogP contribution in [-0.4, -0.2) is 55.4 Å². The minimum atomic E-state index is -0.946. The fourth-order valence-electron chi connectivity index (χ4n) is 3.62. The van der Waals surface area contributed by atoms with Gasteiger partial charge in [-0.25, -0.2) is 14.3 Å². The van der Waals surface area contributed by atoms with Crippen molar-refractivity contribution >= 4 is 17.7 Å². The predicted octanol–water partition coefficient (Wildman–Crippen LogP) is 2.46. The van der Waals surface area contributed by atoms with Gasteiger partial charge in [0.1, 0.15) is 5.60 Å². The molecule has 0 unspecified atom stereocenters. The van der Waals surface area contributed by atoms with E-state index < -0.39 is 11.6 Å². The summed E-state index contributed by atoms with van der Waals surface area (Å²) in [6, 6.07) is 1.86. The number of aryl methyl sites for hydroxylation is 1. The number of aromatic nitrogens is 3. The lowest BCUT2D eigenvalue weighted by Gasteiger charge is -2.33. The monoisotopic (exact) mass is 404 g/mol. The smallest absolute Gasteiger partial charge is 0.410 e. The largest absolute Gasteiger partial charge is 0.481 e. The van der Waals surface area contributed by atoms with Crippen LogP contribution in [-0.2, 0) is 16.0 Å². The van der Waals surface area contributed by atoms with Crippen molar-refractivity contribution in [3.8, 4) is 0 Å². The standard InChI is InChI=1S/C20H28N4O5/c1-12-14(5-6-17(25)26)18(27)24-16(21-12)11-15(22-24)13-7-9-23(10-8-13)19(28)29-20(2,3)4/h11,13,22H,5-10H2,1-4H3,(H,25,26). The van der Waals surface area contributed by atoms with E-state index in [1.54, 1.807) is 11.8 Å². The number of amides is 1. The molecule has 2 aromatic rings. The number of rotatable bonds is 4. The highest BCUT2D eigenvalue weighted by Gasteiger charge is 2.28. The van der Waals surface area contributed by atoms with Crippen molar-refractivity contribution in [3.05, 3.63) is 33.4 Å². The molecular weight excluding hydrogens is 376 g/mol. The molecule has 0 bridgehead atoms. The molecule has 1 aliphatic heterocycles. The summed E-state index contributed by atoms with van der Waals surface area (Å²) >= 11 is 0. The lowest BCUT2D eigenvalue weighted by atomic mass is 9.94. The summed E-state index contributed by atoms with van der Waals surface area (Å²) in [4.78, 5) is 42.0. The van der Waals surface area contributed by atoms with Crippen LogP contribution in [0.5, 0.6) is 0 Å². The normalized spacial score (nSPS) is 15.7. The molecule has 158 valence electrons. The maximum absolute atomic E-state index is 12.8. The van der Waals surface area contributed by atoms with Gasteiger partial charge in [0.25, 0.3) is 5.56 Å². The molecule has 0 atom stereocenters. The molecule has 1 amide bonds. The van der Waals surface area contributed by atoms with Crippen molar-refractivity contribution in [3.63, 3.8) is 0 Å². The number of carboxylic acids is 1. The number of carbonyl (C=O) groups excluding carboxylic acids is 1. The number of carboxylic acid groups (broad SMARTS) is 1. The summed E-state index contributed by atoms with van der Waals surface area (Å²) < 4.78 is 6.82. The molecule has 29 heavy (non-hydrogen) atoms. The highest BCUT2D eigenvalue weighted by molar-refractivity contribution is 5.68. The van der Waals surface area contributed by atoms with Crippen molar-refractivity contribution in [2.24, 2.45) is 0 Å². The number of aromatic amines is 1. The first-order valence-electron chi connectivity index (χ1n) is 9.86. The Labute approximate surface area is 168 Å². The minimum absolute atomic E-state index is 0.111. The molecule has 1 saturated heterocycles. The molecule has 2 aromatic heterocycles. The SMILES string of the molecule is Cc1nc2cc(C3CCN(C(=O)OC(C)(C)C)CC3)[nH]n2c(=O)c1CCC(=O)O. The van der Waals surface area contributed by atoms with Gasteiger partial charge in [0.05, 0.1) is 0 Å². The highest BCUT2D eigenvalue weighted by atomic mass is 16.6. The number of ether oxygens (including phenoxy) is 1. The number of carbonyl (C=O) groups is 2. The number of hydrogen-bond acceptors (Lipinski definition) is 5. The quantitative estimate of drug-likeness (QED) is 0.808. The van der Waals surface area contributed by atoms with Gasteiger partial charge in [-0.1, -0.05) is 0 Å². The van der Waals surface area contributed by atoms with E-state index in [1.165, 1.54) is 4.52 Å². The number of hydrogen-bond donors (Lipinski definition) is 2. The van der Waals surface area contributed by atoms with Crippen LogP contribution in [0.3, 0.4) is 0 Å². The highest BCUT2D eigenvalue weighted by Crippen LogP contribution is 2.28. The van der Waals surface area contributed by atoms with Crippen molar-refractivity contribution in [1.82, 2.24) is 19.5 Å². The summed E-state index contributed by atoms with van der Waals surface area (Å²) in [6.07, 6.45) is 1.25. The van der Waals surface area contributed by atoms with Gasteiger partial charge in [-0.2, -0.15) is 0 Å². The third kappa shape index (κ3) is 4.78. The molecule has 0 aliphatic carbocycles. The van der Waals surface area contributed by atoms with Crippen molar-refractivity contribution in [1.29, 1.82) is 0 Å². The third-order valence-corrected chi connectivity index (χ3v) is 5.11. The zero-order chi connectivity index (χ0) is 21.3. The molecule has 9 heteroatoms. The van der Waals surface area contributed by atoms with Crippen LogP contribution in [0.15, 0.2) is 10.9 Å². The second kappa shape index (κ2) is 7.88. The molecule has 1 fully saturated rings. The van der Waals surface area contributed by atoms with E-state index in [0.29, 0.717) is 30.0 Å². The molecular formula is C20H28N4O5. The van der Waals surface area contributed by atoms with Crippen LogP contribution in [0.1, 0.15) is 62.9 Å². The van der Waals surface area contributed by atoms with Crippen molar-refractivity contribution < 1.29 is 19.4 Å². The summed E-state index contributed by atoms with van der Waals surface area (Å²) in [5.41, 5.74) is 1.61. The fourth-order valence-corrected chi connectivity index (χ4v) is 3.62. The first-order valence-corrected chi connectivity index (χ1v) is 9.86. The topological polar surface area (TPSA) is 117 Å². The Morgan fingerprint density at radius 1 is 1.31 bits per heavy atom. The van der Waals surface area contributed by atoms with Crippen molar-refractivity contribution in [2.75, 3.05) is 13.1 Å². The zero-order valence-electron chi connectivity index (χ0n) is 17.3. The van der Waals surface area contributed by atoms with E-state index in [4.69, 9.17) is 9.84 Å². The third-order valence-electron chi connectivity index (χ3n) is 5.11. The van der Waals surface area contributed by atoms with Crippen LogP contribution in [0.2, 0.25) is 0 Å². The number of likely N-dealkylation sites (tertiary alicyclic amines) is 1. The molecule has 0 radical (unpaired) electrons. The van der Waals surface area contributed by atoms with E-state index in [-0.39, 0.29) is 30.4 Å². The molecule has 3 rings (SSSR count). The van der Waals surface area contributed by atoms with Gasteiger partial charge >= 0.3 is 12.1 Å². The van der Waals surface area contributed by atoms with Crippen LogP contribution in [0, 0.1) is 6.92 Å². The average Bonchev–Trinajstić information content (AvgIpc) is 3.04. The molecule has 3 heterocycles. The fraction of sp³-hybridized carbons (Fsp3) is 0.600. The van der Waals surface area contributed by atoms with Gasteiger partial charge < -0.3 is 14.7 Å². The van der Waals surface area contributed by atoms with Crippen molar-refractivity contribution in [2.45, 2.75) is 64.9 Å². The van der Waals surface area contributed by atoms with E-state index in [9.17, 15) is 14.4 Å².